The first kappa shape index (κ1) is 20.9. The van der Waals surface area contributed by atoms with Gasteiger partial charge in [-0.1, -0.05) is 121 Å². The van der Waals surface area contributed by atoms with E-state index in [0.717, 1.165) is 33.6 Å². The Balaban J connectivity index is 1.71. The average molecular weight is 432 g/mol. The zero-order valence-corrected chi connectivity index (χ0v) is 18.4. The molecule has 2 atom stereocenters. The van der Waals surface area contributed by atoms with E-state index in [2.05, 4.69) is 0 Å². The molecule has 1 aromatic heterocycles. The molecule has 0 bridgehead atoms. The van der Waals surface area contributed by atoms with Crippen LogP contribution in [-0.4, -0.2) is 19.9 Å². The van der Waals surface area contributed by atoms with Gasteiger partial charge in [0.25, 0.3) is 0 Å². The van der Waals surface area contributed by atoms with Crippen LogP contribution >= 0.6 is 0 Å². The maximum atomic E-state index is 11.6. The summed E-state index contributed by atoms with van der Waals surface area (Å²) in [5.41, 5.74) is 4.84. The predicted octanol–water partition coefficient (Wildman–Crippen LogP) is 6.24. The smallest absolute Gasteiger partial charge is 0.181 e. The second-order valence-corrected chi connectivity index (χ2v) is 8.15. The van der Waals surface area contributed by atoms with Gasteiger partial charge in [0.2, 0.25) is 0 Å². The Kier molecular flexibility index (Phi) is 5.83. The topological polar surface area (TPSA) is 50.9 Å². The van der Waals surface area contributed by atoms with Crippen LogP contribution in [0.5, 0.6) is 0 Å². The molecule has 162 valence electrons. The Morgan fingerprint density at radius 1 is 0.636 bits per heavy atom. The lowest BCUT2D eigenvalue weighted by Gasteiger charge is -2.25. The fourth-order valence-corrected chi connectivity index (χ4v) is 4.06. The summed E-state index contributed by atoms with van der Waals surface area (Å²) < 4.78 is 1.87. The van der Waals surface area contributed by atoms with Crippen molar-refractivity contribution in [1.29, 1.82) is 0 Å². The molecular weight excluding hydrogens is 406 g/mol. The van der Waals surface area contributed by atoms with Crippen LogP contribution < -0.4 is 0 Å². The lowest BCUT2D eigenvalue weighted by Crippen LogP contribution is -2.21. The van der Waals surface area contributed by atoms with Crippen LogP contribution in [0, 0.1) is 6.92 Å². The van der Waals surface area contributed by atoms with Gasteiger partial charge in [-0.15, -0.1) is 5.10 Å². The van der Waals surface area contributed by atoms with Gasteiger partial charge in [-0.05, 0) is 18.1 Å². The number of hydrogen-bond donors (Lipinski definition) is 1. The molecule has 0 fully saturated rings. The molecular formula is C29H25N3O. The van der Waals surface area contributed by atoms with Gasteiger partial charge >= 0.3 is 0 Å². The predicted molar refractivity (Wildman–Crippen MR) is 132 cm³/mol. The van der Waals surface area contributed by atoms with Crippen molar-refractivity contribution in [2.24, 2.45) is 0 Å². The number of nitrogens with zero attached hydrogens (tertiary/aromatic N) is 3. The maximum Gasteiger partial charge on any atom is 0.181 e. The van der Waals surface area contributed by atoms with Gasteiger partial charge in [0.1, 0.15) is 12.1 Å². The lowest BCUT2D eigenvalue weighted by atomic mass is 9.95. The highest BCUT2D eigenvalue weighted by Gasteiger charge is 2.29. The van der Waals surface area contributed by atoms with Crippen LogP contribution in [-0.2, 0) is 0 Å². The zero-order chi connectivity index (χ0) is 22.6. The summed E-state index contributed by atoms with van der Waals surface area (Å²) in [5, 5.41) is 16.6. The number of benzene rings is 4. The minimum absolute atomic E-state index is 0.450. The maximum absolute atomic E-state index is 11.6. The van der Waals surface area contributed by atoms with Crippen LogP contribution in [0.3, 0.4) is 0 Å². The lowest BCUT2D eigenvalue weighted by molar-refractivity contribution is 0.126. The summed E-state index contributed by atoms with van der Waals surface area (Å²) in [4.78, 5) is 4.93. The van der Waals surface area contributed by atoms with Gasteiger partial charge in [-0.2, -0.15) is 0 Å². The highest BCUT2D eigenvalue weighted by Crippen LogP contribution is 2.36. The van der Waals surface area contributed by atoms with Crippen LogP contribution in [0.4, 0.5) is 0 Å². The van der Waals surface area contributed by atoms with Crippen LogP contribution in [0.1, 0.15) is 28.8 Å². The van der Waals surface area contributed by atoms with Crippen molar-refractivity contribution in [3.8, 4) is 22.8 Å². The molecule has 33 heavy (non-hydrogen) atoms. The molecule has 0 aliphatic rings. The highest BCUT2D eigenvalue weighted by atomic mass is 16.3. The molecule has 1 heterocycles. The first-order valence-electron chi connectivity index (χ1n) is 11.1. The summed E-state index contributed by atoms with van der Waals surface area (Å²) in [6.07, 6.45) is -0.805. The summed E-state index contributed by atoms with van der Waals surface area (Å²) in [5.74, 6) is 1.35. The summed E-state index contributed by atoms with van der Waals surface area (Å²) in [6, 6.07) is 37.5. The average Bonchev–Trinajstić information content (AvgIpc) is 3.31. The fourth-order valence-electron chi connectivity index (χ4n) is 4.06. The number of aliphatic hydroxyl groups excluding tert-OH is 1. The number of aromatic nitrogens is 3. The van der Waals surface area contributed by atoms with E-state index in [1.807, 2.05) is 127 Å². The van der Waals surface area contributed by atoms with E-state index in [9.17, 15) is 5.11 Å². The van der Waals surface area contributed by atoms with Crippen molar-refractivity contribution in [2.75, 3.05) is 0 Å². The third kappa shape index (κ3) is 4.34. The molecule has 0 radical (unpaired) electrons. The molecule has 0 saturated carbocycles. The molecule has 5 rings (SSSR count). The molecule has 4 aromatic carbocycles. The van der Waals surface area contributed by atoms with Crippen molar-refractivity contribution in [2.45, 2.75) is 19.1 Å². The summed E-state index contributed by atoms with van der Waals surface area (Å²) in [6.45, 7) is 2.04. The van der Waals surface area contributed by atoms with Crippen molar-refractivity contribution >= 4 is 0 Å². The Bertz CT molecular complexity index is 1310. The molecule has 0 aliphatic heterocycles. The molecule has 0 spiro atoms. The molecule has 4 heteroatoms. The van der Waals surface area contributed by atoms with E-state index in [4.69, 9.17) is 10.1 Å². The first-order valence-corrected chi connectivity index (χ1v) is 11.1. The standard InChI is InChI=1S/C29H25N3O/c1-21-17-19-23(20-18-21)27(33)26(22-11-5-2-6-12-22)32-29(25-15-9-4-10-16-25)30-28(31-32)24-13-7-3-8-14-24/h2-20,26-27,33H,1H3. The molecule has 2 unspecified atom stereocenters. The Morgan fingerprint density at radius 2 is 1.18 bits per heavy atom. The Morgan fingerprint density at radius 3 is 1.79 bits per heavy atom. The van der Waals surface area contributed by atoms with Gasteiger partial charge in [0, 0.05) is 11.1 Å². The third-order valence-corrected chi connectivity index (χ3v) is 5.82. The normalized spacial score (nSPS) is 12.9. The number of aliphatic hydroxyl groups is 1. The number of aryl methyl sites for hydroxylation is 1. The monoisotopic (exact) mass is 431 g/mol. The van der Waals surface area contributed by atoms with Crippen LogP contribution in [0.2, 0.25) is 0 Å². The summed E-state index contributed by atoms with van der Waals surface area (Å²) >= 11 is 0. The van der Waals surface area contributed by atoms with Gasteiger partial charge in [0.15, 0.2) is 11.6 Å². The van der Waals surface area contributed by atoms with Crippen molar-refractivity contribution in [3.05, 3.63) is 132 Å². The second-order valence-electron chi connectivity index (χ2n) is 8.15. The van der Waals surface area contributed by atoms with E-state index < -0.39 is 12.1 Å². The third-order valence-electron chi connectivity index (χ3n) is 5.82. The quantitative estimate of drug-likeness (QED) is 0.346. The minimum atomic E-state index is -0.805. The van der Waals surface area contributed by atoms with Gasteiger partial charge in [0.05, 0.1) is 0 Å². The van der Waals surface area contributed by atoms with Gasteiger partial charge < -0.3 is 5.11 Å². The first-order chi connectivity index (χ1) is 16.2. The summed E-state index contributed by atoms with van der Waals surface area (Å²) in [7, 11) is 0. The Labute approximate surface area is 193 Å². The van der Waals surface area contributed by atoms with E-state index in [-0.39, 0.29) is 0 Å². The van der Waals surface area contributed by atoms with E-state index in [1.54, 1.807) is 0 Å². The molecule has 1 N–H and O–H groups in total. The van der Waals surface area contributed by atoms with Crippen molar-refractivity contribution in [1.82, 2.24) is 14.8 Å². The molecule has 0 saturated heterocycles. The van der Waals surface area contributed by atoms with Gasteiger partial charge in [-0.3, -0.25) is 0 Å². The van der Waals surface area contributed by atoms with Crippen LogP contribution in [0.25, 0.3) is 22.8 Å². The number of rotatable bonds is 6. The van der Waals surface area contributed by atoms with E-state index in [1.165, 1.54) is 0 Å². The van der Waals surface area contributed by atoms with E-state index >= 15 is 0 Å². The molecule has 4 nitrogen and oxygen atoms in total. The zero-order valence-electron chi connectivity index (χ0n) is 18.4. The molecule has 0 aliphatic carbocycles. The number of hydrogen-bond acceptors (Lipinski definition) is 3. The highest BCUT2D eigenvalue weighted by molar-refractivity contribution is 5.62. The van der Waals surface area contributed by atoms with Crippen LogP contribution in [0.15, 0.2) is 115 Å². The molecule has 5 aromatic rings. The fraction of sp³-hybridized carbons (Fsp3) is 0.103. The SMILES string of the molecule is Cc1ccc(C(O)C(c2ccccc2)n2nc(-c3ccccc3)nc2-c2ccccc2)cc1. The van der Waals surface area contributed by atoms with E-state index in [0.29, 0.717) is 5.82 Å². The van der Waals surface area contributed by atoms with Gasteiger partial charge in [-0.25, -0.2) is 9.67 Å². The van der Waals surface area contributed by atoms with Crippen molar-refractivity contribution in [3.63, 3.8) is 0 Å². The minimum Gasteiger partial charge on any atom is -0.386 e. The Hall–Kier alpha value is -4.02. The van der Waals surface area contributed by atoms with Crippen molar-refractivity contribution < 1.29 is 5.11 Å². The molecule has 0 amide bonds. The second kappa shape index (κ2) is 9.23. The largest absolute Gasteiger partial charge is 0.386 e.